The summed E-state index contributed by atoms with van der Waals surface area (Å²) >= 11 is 7.58. The van der Waals surface area contributed by atoms with E-state index in [1.54, 1.807) is 6.20 Å². The second-order valence-electron chi connectivity index (χ2n) is 3.99. The van der Waals surface area contributed by atoms with Crippen LogP contribution < -0.4 is 0 Å². The molecule has 0 N–H and O–H groups in total. The minimum absolute atomic E-state index is 0.189. The summed E-state index contributed by atoms with van der Waals surface area (Å²) in [5.41, 5.74) is 0.189. The minimum atomic E-state index is 0.189. The molecular weight excluding hydrogens is 202 g/mol. The Bertz CT molecular complexity index is 268. The maximum Gasteiger partial charge on any atom is 0.0751 e. The fourth-order valence-electron chi connectivity index (χ4n) is 1.41. The van der Waals surface area contributed by atoms with Gasteiger partial charge in [0.1, 0.15) is 0 Å². The lowest BCUT2D eigenvalue weighted by atomic mass is 9.86. The third-order valence-corrected chi connectivity index (χ3v) is 3.86. The van der Waals surface area contributed by atoms with E-state index < -0.39 is 0 Å². The van der Waals surface area contributed by atoms with E-state index in [0.717, 1.165) is 5.02 Å². The summed E-state index contributed by atoms with van der Waals surface area (Å²) in [6.07, 6.45) is 5.42. The quantitative estimate of drug-likeness (QED) is 0.734. The number of hydrogen-bond acceptors (Lipinski definition) is 2. The molecule has 3 heteroatoms. The summed E-state index contributed by atoms with van der Waals surface area (Å²) in [4.78, 5) is 1.22. The normalized spacial score (nSPS) is 12.0. The van der Waals surface area contributed by atoms with Crippen molar-refractivity contribution in [3.05, 3.63) is 16.1 Å². The molecule has 1 aromatic rings. The van der Waals surface area contributed by atoms with Gasteiger partial charge in [0, 0.05) is 10.3 Å². The van der Waals surface area contributed by atoms with E-state index in [-0.39, 0.29) is 5.41 Å². The van der Waals surface area contributed by atoms with Crippen LogP contribution in [0.5, 0.6) is 0 Å². The van der Waals surface area contributed by atoms with Gasteiger partial charge in [-0.3, -0.25) is 0 Å². The fraction of sp³-hybridized carbons (Fsp3) is 0.700. The van der Waals surface area contributed by atoms with Crippen molar-refractivity contribution in [1.29, 1.82) is 0 Å². The molecule has 0 spiro atoms. The van der Waals surface area contributed by atoms with Crippen LogP contribution in [0, 0.1) is 0 Å². The zero-order valence-electron chi connectivity index (χ0n) is 8.43. The molecular formula is C10H16ClNS. The van der Waals surface area contributed by atoms with Crippen LogP contribution in [0.25, 0.3) is 0 Å². The molecule has 0 fully saturated rings. The Morgan fingerprint density at radius 3 is 2.69 bits per heavy atom. The molecule has 0 saturated carbocycles. The van der Waals surface area contributed by atoms with Gasteiger partial charge in [-0.15, -0.1) is 0 Å². The van der Waals surface area contributed by atoms with Crippen LogP contribution in [-0.2, 0) is 5.41 Å². The van der Waals surface area contributed by atoms with Crippen LogP contribution in [0.15, 0.2) is 6.20 Å². The molecule has 74 valence electrons. The minimum Gasteiger partial charge on any atom is -0.199 e. The van der Waals surface area contributed by atoms with E-state index in [1.807, 2.05) is 0 Å². The van der Waals surface area contributed by atoms with E-state index in [1.165, 1.54) is 35.7 Å². The lowest BCUT2D eigenvalue weighted by molar-refractivity contribution is 0.466. The highest BCUT2D eigenvalue weighted by atomic mass is 35.5. The maximum absolute atomic E-state index is 6.05. The largest absolute Gasteiger partial charge is 0.199 e. The predicted molar refractivity (Wildman–Crippen MR) is 59.7 cm³/mol. The summed E-state index contributed by atoms with van der Waals surface area (Å²) in [6.45, 7) is 6.69. The SMILES string of the molecule is CCCCC(C)(C)c1sncc1Cl. The first-order valence-electron chi connectivity index (χ1n) is 4.68. The molecule has 1 heterocycles. The molecule has 13 heavy (non-hydrogen) atoms. The van der Waals surface area contributed by atoms with Crippen LogP contribution >= 0.6 is 23.1 Å². The first kappa shape index (κ1) is 11.0. The first-order chi connectivity index (χ1) is 6.08. The molecule has 0 saturated heterocycles. The van der Waals surface area contributed by atoms with E-state index in [4.69, 9.17) is 11.6 Å². The zero-order valence-corrected chi connectivity index (χ0v) is 10.0. The van der Waals surface area contributed by atoms with Gasteiger partial charge in [-0.25, -0.2) is 0 Å². The highest BCUT2D eigenvalue weighted by molar-refractivity contribution is 7.06. The molecule has 0 atom stereocenters. The lowest BCUT2D eigenvalue weighted by Crippen LogP contribution is -2.15. The van der Waals surface area contributed by atoms with E-state index >= 15 is 0 Å². The van der Waals surface area contributed by atoms with Gasteiger partial charge in [0.05, 0.1) is 11.2 Å². The number of rotatable bonds is 4. The lowest BCUT2D eigenvalue weighted by Gasteiger charge is -2.22. The molecule has 0 aliphatic rings. The van der Waals surface area contributed by atoms with Gasteiger partial charge in [0.2, 0.25) is 0 Å². The molecule has 0 aliphatic heterocycles. The zero-order chi connectivity index (χ0) is 9.90. The Morgan fingerprint density at radius 2 is 2.23 bits per heavy atom. The number of aromatic nitrogens is 1. The van der Waals surface area contributed by atoms with Gasteiger partial charge < -0.3 is 0 Å². The summed E-state index contributed by atoms with van der Waals surface area (Å²) in [5.74, 6) is 0. The van der Waals surface area contributed by atoms with Crippen molar-refractivity contribution in [1.82, 2.24) is 4.37 Å². The predicted octanol–water partition coefficient (Wildman–Crippen LogP) is 4.26. The Morgan fingerprint density at radius 1 is 1.54 bits per heavy atom. The van der Waals surface area contributed by atoms with Crippen molar-refractivity contribution in [3.8, 4) is 0 Å². The third kappa shape index (κ3) is 2.68. The van der Waals surface area contributed by atoms with Crippen molar-refractivity contribution in [2.24, 2.45) is 0 Å². The summed E-state index contributed by atoms with van der Waals surface area (Å²) in [7, 11) is 0. The molecule has 1 nitrogen and oxygen atoms in total. The molecule has 1 aromatic heterocycles. The Balaban J connectivity index is 2.74. The topological polar surface area (TPSA) is 12.9 Å². The maximum atomic E-state index is 6.05. The Kier molecular flexibility index (Phi) is 3.74. The van der Waals surface area contributed by atoms with Gasteiger partial charge in [-0.1, -0.05) is 45.2 Å². The second-order valence-corrected chi connectivity index (χ2v) is 5.20. The number of nitrogens with zero attached hydrogens (tertiary/aromatic N) is 1. The molecule has 0 aromatic carbocycles. The van der Waals surface area contributed by atoms with Crippen LogP contribution in [0.2, 0.25) is 5.02 Å². The smallest absolute Gasteiger partial charge is 0.0751 e. The number of hydrogen-bond donors (Lipinski definition) is 0. The Labute approximate surface area is 89.3 Å². The van der Waals surface area contributed by atoms with Gasteiger partial charge in [0.15, 0.2) is 0 Å². The third-order valence-electron chi connectivity index (χ3n) is 2.30. The highest BCUT2D eigenvalue weighted by Crippen LogP contribution is 2.36. The summed E-state index contributed by atoms with van der Waals surface area (Å²) in [5, 5.41) is 0.825. The second kappa shape index (κ2) is 4.43. The van der Waals surface area contributed by atoms with Crippen LogP contribution in [0.3, 0.4) is 0 Å². The molecule has 1 rings (SSSR count). The van der Waals surface area contributed by atoms with Crippen LogP contribution in [0.4, 0.5) is 0 Å². The number of unbranched alkanes of at least 4 members (excludes halogenated alkanes) is 1. The average molecular weight is 218 g/mol. The van der Waals surface area contributed by atoms with Gasteiger partial charge in [-0.05, 0) is 18.0 Å². The van der Waals surface area contributed by atoms with Gasteiger partial charge in [-0.2, -0.15) is 4.37 Å². The molecule has 0 amide bonds. The number of halogens is 1. The van der Waals surface area contributed by atoms with Crippen molar-refractivity contribution < 1.29 is 0 Å². The van der Waals surface area contributed by atoms with E-state index in [9.17, 15) is 0 Å². The van der Waals surface area contributed by atoms with Gasteiger partial charge >= 0.3 is 0 Å². The van der Waals surface area contributed by atoms with Crippen molar-refractivity contribution in [2.45, 2.75) is 45.4 Å². The van der Waals surface area contributed by atoms with E-state index in [0.29, 0.717) is 0 Å². The standard InChI is InChI=1S/C10H16ClNS/c1-4-5-6-10(2,3)9-8(11)7-12-13-9/h7H,4-6H2,1-3H3. The average Bonchev–Trinajstić information content (AvgIpc) is 2.48. The van der Waals surface area contributed by atoms with Crippen molar-refractivity contribution >= 4 is 23.1 Å². The first-order valence-corrected chi connectivity index (χ1v) is 5.83. The van der Waals surface area contributed by atoms with Gasteiger partial charge in [0.25, 0.3) is 0 Å². The monoisotopic (exact) mass is 217 g/mol. The van der Waals surface area contributed by atoms with Crippen LogP contribution in [0.1, 0.15) is 44.9 Å². The Hall–Kier alpha value is -0.0800. The molecule has 0 bridgehead atoms. The molecule has 0 aliphatic carbocycles. The molecule has 0 radical (unpaired) electrons. The highest BCUT2D eigenvalue weighted by Gasteiger charge is 2.24. The summed E-state index contributed by atoms with van der Waals surface area (Å²) in [6, 6.07) is 0. The molecule has 0 unspecified atom stereocenters. The fourth-order valence-corrected chi connectivity index (χ4v) is 2.63. The summed E-state index contributed by atoms with van der Waals surface area (Å²) < 4.78 is 4.11. The van der Waals surface area contributed by atoms with E-state index in [2.05, 4.69) is 25.1 Å². The van der Waals surface area contributed by atoms with Crippen LogP contribution in [-0.4, -0.2) is 4.37 Å². The van der Waals surface area contributed by atoms with Crippen molar-refractivity contribution in [3.63, 3.8) is 0 Å². The van der Waals surface area contributed by atoms with Crippen molar-refractivity contribution in [2.75, 3.05) is 0 Å².